The molecule has 1 aliphatic rings. The maximum Gasteiger partial charge on any atom is 0.244 e. The molecule has 0 aliphatic carbocycles. The van der Waals surface area contributed by atoms with E-state index in [1.54, 1.807) is 19.1 Å². The molecule has 1 heterocycles. The van der Waals surface area contributed by atoms with Crippen molar-refractivity contribution >= 4 is 31.5 Å². The minimum atomic E-state index is -3.78. The third-order valence-electron chi connectivity index (χ3n) is 3.35. The lowest BCUT2D eigenvalue weighted by atomic mass is 10.3. The maximum absolute atomic E-state index is 12.6. The van der Waals surface area contributed by atoms with Crippen molar-refractivity contribution in [3.8, 4) is 0 Å². The van der Waals surface area contributed by atoms with Gasteiger partial charge >= 0.3 is 0 Å². The second-order valence-electron chi connectivity index (χ2n) is 4.70. The van der Waals surface area contributed by atoms with Crippen LogP contribution in [-0.4, -0.2) is 45.2 Å². The molecule has 1 saturated heterocycles. The molecule has 1 aromatic carbocycles. The van der Waals surface area contributed by atoms with Gasteiger partial charge in [0, 0.05) is 12.6 Å². The van der Waals surface area contributed by atoms with E-state index >= 15 is 0 Å². The van der Waals surface area contributed by atoms with Crippen LogP contribution in [0.25, 0.3) is 0 Å². The summed E-state index contributed by atoms with van der Waals surface area (Å²) >= 11 is 5.95. The largest absolute Gasteiger partial charge is 0.244 e. The zero-order valence-electron chi connectivity index (χ0n) is 11.0. The molecule has 5 nitrogen and oxygen atoms in total. The van der Waals surface area contributed by atoms with Crippen LogP contribution >= 0.6 is 11.6 Å². The number of benzene rings is 1. The van der Waals surface area contributed by atoms with E-state index in [2.05, 4.69) is 0 Å². The Bertz CT molecular complexity index is 700. The van der Waals surface area contributed by atoms with Gasteiger partial charge in [0.25, 0.3) is 0 Å². The van der Waals surface area contributed by atoms with E-state index in [0.717, 1.165) is 0 Å². The summed E-state index contributed by atoms with van der Waals surface area (Å²) in [6.45, 7) is 1.91. The average molecular weight is 338 g/mol. The lowest BCUT2D eigenvalue weighted by molar-refractivity contribution is 0.354. The lowest BCUT2D eigenvalue weighted by Crippen LogP contribution is -2.40. The molecule has 1 aromatic rings. The molecule has 0 spiro atoms. The van der Waals surface area contributed by atoms with Gasteiger partial charge in [0.05, 0.1) is 16.5 Å². The highest BCUT2D eigenvalue weighted by atomic mass is 35.5. The molecule has 112 valence electrons. The number of sulfonamides is 1. The summed E-state index contributed by atoms with van der Waals surface area (Å²) in [6, 6.07) is 5.68. The quantitative estimate of drug-likeness (QED) is 0.835. The highest BCUT2D eigenvalue weighted by molar-refractivity contribution is 7.92. The Morgan fingerprint density at radius 3 is 2.50 bits per heavy atom. The molecular weight excluding hydrogens is 322 g/mol. The molecule has 2 rings (SSSR count). The van der Waals surface area contributed by atoms with Crippen molar-refractivity contribution in [2.24, 2.45) is 0 Å². The van der Waals surface area contributed by atoms with E-state index in [1.807, 2.05) is 0 Å². The predicted octanol–water partition coefficient (Wildman–Crippen LogP) is 1.54. The lowest BCUT2D eigenvalue weighted by Gasteiger charge is -2.26. The normalized spacial score (nSPS) is 22.2. The Balaban J connectivity index is 2.39. The second-order valence-corrected chi connectivity index (χ2v) is 9.19. The molecule has 0 saturated carbocycles. The van der Waals surface area contributed by atoms with E-state index in [4.69, 9.17) is 11.6 Å². The third-order valence-corrected chi connectivity index (χ3v) is 7.63. The first kappa shape index (κ1) is 15.8. The van der Waals surface area contributed by atoms with E-state index < -0.39 is 25.9 Å². The third kappa shape index (κ3) is 3.00. The number of sulfone groups is 1. The SMILES string of the molecule is CCN([C@@H]1CCS(=O)(=O)C1)S(=O)(=O)c1ccccc1Cl. The van der Waals surface area contributed by atoms with Crippen molar-refractivity contribution in [2.75, 3.05) is 18.1 Å². The summed E-state index contributed by atoms with van der Waals surface area (Å²) in [7, 11) is -6.92. The van der Waals surface area contributed by atoms with Crippen LogP contribution < -0.4 is 0 Å². The average Bonchev–Trinajstić information content (AvgIpc) is 2.70. The van der Waals surface area contributed by atoms with Crippen LogP contribution in [0.1, 0.15) is 13.3 Å². The van der Waals surface area contributed by atoms with Gasteiger partial charge < -0.3 is 0 Å². The van der Waals surface area contributed by atoms with Crippen LogP contribution in [0.4, 0.5) is 0 Å². The molecule has 0 unspecified atom stereocenters. The number of nitrogens with zero attached hydrogens (tertiary/aromatic N) is 1. The summed E-state index contributed by atoms with van der Waals surface area (Å²) in [6.07, 6.45) is 0.333. The van der Waals surface area contributed by atoms with E-state index in [-0.39, 0.29) is 28.0 Å². The summed E-state index contributed by atoms with van der Waals surface area (Å²) in [5.74, 6) is -0.0866. The second kappa shape index (κ2) is 5.63. The van der Waals surface area contributed by atoms with Gasteiger partial charge in [-0.2, -0.15) is 4.31 Å². The van der Waals surface area contributed by atoms with Gasteiger partial charge in [-0.05, 0) is 18.6 Å². The highest BCUT2D eigenvalue weighted by Crippen LogP contribution is 2.28. The highest BCUT2D eigenvalue weighted by Gasteiger charge is 2.38. The topological polar surface area (TPSA) is 71.5 Å². The number of hydrogen-bond acceptors (Lipinski definition) is 4. The van der Waals surface area contributed by atoms with E-state index in [9.17, 15) is 16.8 Å². The van der Waals surface area contributed by atoms with Crippen molar-refractivity contribution < 1.29 is 16.8 Å². The van der Waals surface area contributed by atoms with Crippen LogP contribution in [0.2, 0.25) is 5.02 Å². The maximum atomic E-state index is 12.6. The molecule has 0 amide bonds. The minimum absolute atomic E-state index is 0.0211. The van der Waals surface area contributed by atoms with Gasteiger partial charge in [0.1, 0.15) is 4.90 Å². The first-order chi connectivity index (χ1) is 9.28. The summed E-state index contributed by atoms with van der Waals surface area (Å²) in [5, 5.41) is 0.145. The van der Waals surface area contributed by atoms with Gasteiger partial charge in [-0.25, -0.2) is 16.8 Å². The standard InChI is InChI=1S/C12H16ClNO4S2/c1-2-14(10-7-8-19(15,16)9-10)20(17,18)12-6-4-3-5-11(12)13/h3-6,10H,2,7-9H2,1H3/t10-/m1/s1. The van der Waals surface area contributed by atoms with Gasteiger partial charge in [0.15, 0.2) is 9.84 Å². The zero-order valence-corrected chi connectivity index (χ0v) is 13.4. The fraction of sp³-hybridized carbons (Fsp3) is 0.500. The Morgan fingerprint density at radius 1 is 1.35 bits per heavy atom. The molecule has 1 atom stereocenters. The van der Waals surface area contributed by atoms with E-state index in [1.165, 1.54) is 16.4 Å². The summed E-state index contributed by atoms with van der Waals surface area (Å²) in [5.41, 5.74) is 0. The Morgan fingerprint density at radius 2 is 2.00 bits per heavy atom. The van der Waals surface area contributed by atoms with Crippen molar-refractivity contribution in [3.63, 3.8) is 0 Å². The van der Waals surface area contributed by atoms with Crippen LogP contribution in [0.3, 0.4) is 0 Å². The van der Waals surface area contributed by atoms with Gasteiger partial charge in [-0.1, -0.05) is 30.7 Å². The first-order valence-electron chi connectivity index (χ1n) is 6.25. The van der Waals surface area contributed by atoms with Crippen molar-refractivity contribution in [3.05, 3.63) is 29.3 Å². The summed E-state index contributed by atoms with van der Waals surface area (Å²) < 4.78 is 49.6. The van der Waals surface area contributed by atoms with E-state index in [0.29, 0.717) is 6.42 Å². The van der Waals surface area contributed by atoms with Crippen molar-refractivity contribution in [2.45, 2.75) is 24.3 Å². The predicted molar refractivity (Wildman–Crippen MR) is 78.1 cm³/mol. The molecule has 0 N–H and O–H groups in total. The van der Waals surface area contributed by atoms with Gasteiger partial charge in [0.2, 0.25) is 10.0 Å². The Labute approximate surface area is 124 Å². The molecular formula is C12H16ClNO4S2. The first-order valence-corrected chi connectivity index (χ1v) is 9.88. The van der Waals surface area contributed by atoms with Crippen molar-refractivity contribution in [1.29, 1.82) is 0 Å². The fourth-order valence-electron chi connectivity index (χ4n) is 2.41. The molecule has 1 aliphatic heterocycles. The molecule has 8 heteroatoms. The molecule has 20 heavy (non-hydrogen) atoms. The monoisotopic (exact) mass is 337 g/mol. The Kier molecular flexibility index (Phi) is 4.44. The number of hydrogen-bond donors (Lipinski definition) is 0. The summed E-state index contributed by atoms with van der Waals surface area (Å²) in [4.78, 5) is 0.0211. The Hall–Kier alpha value is -0.630. The number of rotatable bonds is 4. The molecule has 0 radical (unpaired) electrons. The molecule has 0 aromatic heterocycles. The molecule has 1 fully saturated rings. The number of halogens is 1. The minimum Gasteiger partial charge on any atom is -0.229 e. The fourth-order valence-corrected chi connectivity index (χ4v) is 6.39. The van der Waals surface area contributed by atoms with Crippen LogP contribution in [-0.2, 0) is 19.9 Å². The van der Waals surface area contributed by atoms with Crippen LogP contribution in [0, 0.1) is 0 Å². The van der Waals surface area contributed by atoms with Crippen molar-refractivity contribution in [1.82, 2.24) is 4.31 Å². The van der Waals surface area contributed by atoms with Crippen LogP contribution in [0.5, 0.6) is 0 Å². The van der Waals surface area contributed by atoms with Crippen LogP contribution in [0.15, 0.2) is 29.2 Å². The van der Waals surface area contributed by atoms with Gasteiger partial charge in [-0.3, -0.25) is 0 Å². The smallest absolute Gasteiger partial charge is 0.229 e. The zero-order chi connectivity index (χ0) is 15.0. The van der Waals surface area contributed by atoms with Gasteiger partial charge in [-0.15, -0.1) is 0 Å². The molecule has 0 bridgehead atoms.